The average molecular weight is 412 g/mol. The van der Waals surface area contributed by atoms with Crippen LogP contribution in [0.4, 0.5) is 5.69 Å². The molecule has 1 fully saturated rings. The molecule has 1 aromatic rings. The Labute approximate surface area is 170 Å². The number of carbonyl (C=O) groups excluding carboxylic acids is 2. The Hall–Kier alpha value is -2.39. The maximum absolute atomic E-state index is 12.0. The highest BCUT2D eigenvalue weighted by Crippen LogP contribution is 2.24. The first-order valence-electron chi connectivity index (χ1n) is 8.96. The monoisotopic (exact) mass is 411 g/mol. The number of esters is 2. The van der Waals surface area contributed by atoms with Crippen LogP contribution in [0.5, 0.6) is 0 Å². The molecule has 0 N–H and O–H groups in total. The smallest absolute Gasteiger partial charge is 0.349 e. The number of halogens is 1. The Bertz CT molecular complexity index is 678. The third-order valence-electron chi connectivity index (χ3n) is 4.97. The van der Waals surface area contributed by atoms with Crippen molar-refractivity contribution in [3.05, 3.63) is 30.3 Å². The molecule has 0 unspecified atom stereocenters. The lowest BCUT2D eigenvalue weighted by atomic mass is 10.0. The first kappa shape index (κ1) is 21.9. The van der Waals surface area contributed by atoms with Gasteiger partial charge in [-0.1, -0.05) is 23.4 Å². The van der Waals surface area contributed by atoms with E-state index in [2.05, 4.69) is 44.4 Å². The summed E-state index contributed by atoms with van der Waals surface area (Å²) in [5.74, 6) is -1.51. The normalized spacial score (nSPS) is 18.5. The van der Waals surface area contributed by atoms with Crippen LogP contribution in [0.3, 0.4) is 0 Å². The zero-order valence-corrected chi connectivity index (χ0v) is 16.9. The van der Waals surface area contributed by atoms with Crippen LogP contribution in [-0.4, -0.2) is 87.4 Å². The number of carbonyl (C=O) groups is 2. The van der Waals surface area contributed by atoms with Crippen LogP contribution >= 0.6 is 12.4 Å². The number of nitrogens with zero attached hydrogens (tertiary/aromatic N) is 5. The van der Waals surface area contributed by atoms with Gasteiger partial charge in [-0.3, -0.25) is 9.91 Å². The van der Waals surface area contributed by atoms with Crippen LogP contribution in [0.2, 0.25) is 0 Å². The molecule has 0 spiro atoms. The van der Waals surface area contributed by atoms with Crippen molar-refractivity contribution in [1.82, 2.24) is 9.91 Å². The molecular formula is C18H26ClN5O4. The lowest BCUT2D eigenvalue weighted by molar-refractivity contribution is -0.160. The van der Waals surface area contributed by atoms with Gasteiger partial charge in [-0.25, -0.2) is 9.59 Å². The quantitative estimate of drug-likeness (QED) is 0.509. The second-order valence-corrected chi connectivity index (χ2v) is 6.59. The van der Waals surface area contributed by atoms with Gasteiger partial charge >= 0.3 is 11.9 Å². The molecule has 1 aromatic carbocycles. The maximum atomic E-state index is 12.0. The topological polar surface area (TPSA) is 87.0 Å². The molecule has 28 heavy (non-hydrogen) atoms. The van der Waals surface area contributed by atoms with E-state index in [9.17, 15) is 9.59 Å². The third-order valence-corrected chi connectivity index (χ3v) is 4.97. The molecule has 0 aliphatic carbocycles. The molecular weight excluding hydrogens is 386 g/mol. The molecule has 3 rings (SSSR count). The molecule has 0 radical (unpaired) electrons. The van der Waals surface area contributed by atoms with E-state index in [-0.39, 0.29) is 19.0 Å². The molecule has 154 valence electrons. The predicted octanol–water partition coefficient (Wildman–Crippen LogP) is 0.998. The number of hydrogen-bond donors (Lipinski definition) is 0. The zero-order chi connectivity index (χ0) is 19.3. The predicted molar refractivity (Wildman–Crippen MR) is 106 cm³/mol. The Morgan fingerprint density at radius 2 is 1.61 bits per heavy atom. The van der Waals surface area contributed by atoms with E-state index in [0.29, 0.717) is 6.54 Å². The molecule has 2 aliphatic heterocycles. The van der Waals surface area contributed by atoms with E-state index in [1.165, 1.54) is 19.9 Å². The summed E-state index contributed by atoms with van der Waals surface area (Å²) in [6, 6.07) is 10.4. The Kier molecular flexibility index (Phi) is 7.59. The number of rotatable bonds is 6. The summed E-state index contributed by atoms with van der Waals surface area (Å²) >= 11 is 0. The van der Waals surface area contributed by atoms with Gasteiger partial charge in [0, 0.05) is 38.4 Å². The van der Waals surface area contributed by atoms with Crippen molar-refractivity contribution < 1.29 is 19.1 Å². The van der Waals surface area contributed by atoms with E-state index < -0.39 is 17.5 Å². The van der Waals surface area contributed by atoms with Gasteiger partial charge in [0.1, 0.15) is 0 Å². The summed E-state index contributed by atoms with van der Waals surface area (Å²) in [5, 5.41) is 9.50. The molecule has 10 heteroatoms. The van der Waals surface area contributed by atoms with Gasteiger partial charge in [0.2, 0.25) is 0 Å². The largest absolute Gasteiger partial charge is 0.467 e. The van der Waals surface area contributed by atoms with Crippen molar-refractivity contribution in [3.63, 3.8) is 0 Å². The van der Waals surface area contributed by atoms with Gasteiger partial charge in [0.15, 0.2) is 0 Å². The van der Waals surface area contributed by atoms with Crippen molar-refractivity contribution >= 4 is 30.0 Å². The highest BCUT2D eigenvalue weighted by molar-refractivity contribution is 6.05. The number of hydrogen-bond acceptors (Lipinski definition) is 9. The van der Waals surface area contributed by atoms with Crippen LogP contribution in [-0.2, 0) is 19.1 Å². The van der Waals surface area contributed by atoms with Crippen LogP contribution in [0.15, 0.2) is 40.7 Å². The van der Waals surface area contributed by atoms with Crippen molar-refractivity contribution in [2.45, 2.75) is 5.54 Å². The van der Waals surface area contributed by atoms with Gasteiger partial charge < -0.3 is 14.4 Å². The molecule has 2 aliphatic rings. The second kappa shape index (κ2) is 9.70. The highest BCUT2D eigenvalue weighted by atomic mass is 35.5. The number of benzene rings is 1. The number of anilines is 1. The number of methoxy groups -OCH3 is 2. The first-order chi connectivity index (χ1) is 13.1. The fourth-order valence-corrected chi connectivity index (χ4v) is 3.35. The number of piperazine rings is 1. The molecule has 9 nitrogen and oxygen atoms in total. The summed E-state index contributed by atoms with van der Waals surface area (Å²) in [7, 11) is 2.44. The van der Waals surface area contributed by atoms with Crippen LogP contribution in [0.25, 0.3) is 0 Å². The Balaban J connectivity index is 0.00000280. The SMILES string of the molecule is COC(=O)C1(C(=O)OC)CN(CCN2CCN(c3ccccc3)CC2)N=N1.Cl. The Morgan fingerprint density at radius 3 is 2.18 bits per heavy atom. The van der Waals surface area contributed by atoms with Crippen molar-refractivity contribution in [2.24, 2.45) is 10.3 Å². The maximum Gasteiger partial charge on any atom is 0.349 e. The molecule has 0 saturated carbocycles. The molecule has 1 saturated heterocycles. The first-order valence-corrected chi connectivity index (χ1v) is 8.96. The molecule has 0 bridgehead atoms. The minimum absolute atomic E-state index is 0. The molecule has 0 aromatic heterocycles. The molecule has 0 amide bonds. The van der Waals surface area contributed by atoms with Crippen molar-refractivity contribution in [1.29, 1.82) is 0 Å². The molecule has 0 atom stereocenters. The van der Waals surface area contributed by atoms with Crippen LogP contribution < -0.4 is 4.90 Å². The zero-order valence-electron chi connectivity index (χ0n) is 16.1. The standard InChI is InChI=1S/C18H25N5O4.ClH/c1-26-16(24)18(17(25)27-2)14-23(20-19-18)13-10-21-8-11-22(12-9-21)15-6-4-3-5-7-15;/h3-7H,8-14H2,1-2H3;1H. The highest BCUT2D eigenvalue weighted by Gasteiger charge is 2.54. The van der Waals surface area contributed by atoms with E-state index in [1.807, 2.05) is 6.07 Å². The fraction of sp³-hybridized carbons (Fsp3) is 0.556. The van der Waals surface area contributed by atoms with Gasteiger partial charge in [-0.2, -0.15) is 0 Å². The minimum atomic E-state index is -1.71. The number of para-hydroxylation sites is 1. The van der Waals surface area contributed by atoms with Gasteiger partial charge in [0.25, 0.3) is 5.54 Å². The molecule has 2 heterocycles. The summed E-state index contributed by atoms with van der Waals surface area (Å²) in [6.45, 7) is 5.19. The Morgan fingerprint density at radius 1 is 1.00 bits per heavy atom. The summed E-state index contributed by atoms with van der Waals surface area (Å²) in [6.07, 6.45) is 0. The van der Waals surface area contributed by atoms with Gasteiger partial charge in [0.05, 0.1) is 27.3 Å². The van der Waals surface area contributed by atoms with E-state index in [0.717, 1.165) is 32.7 Å². The summed E-state index contributed by atoms with van der Waals surface area (Å²) < 4.78 is 9.44. The lowest BCUT2D eigenvalue weighted by Gasteiger charge is -2.36. The van der Waals surface area contributed by atoms with Crippen LogP contribution in [0.1, 0.15) is 0 Å². The van der Waals surface area contributed by atoms with Crippen molar-refractivity contribution in [3.8, 4) is 0 Å². The number of ether oxygens (including phenoxy) is 2. The fourth-order valence-electron chi connectivity index (χ4n) is 3.35. The lowest BCUT2D eigenvalue weighted by Crippen LogP contribution is -2.51. The third kappa shape index (κ3) is 4.53. The second-order valence-electron chi connectivity index (χ2n) is 6.59. The van der Waals surface area contributed by atoms with Gasteiger partial charge in [-0.15, -0.1) is 17.5 Å². The van der Waals surface area contributed by atoms with E-state index in [1.54, 1.807) is 5.01 Å². The van der Waals surface area contributed by atoms with Crippen LogP contribution in [0, 0.1) is 0 Å². The van der Waals surface area contributed by atoms with E-state index in [4.69, 9.17) is 9.47 Å². The average Bonchev–Trinajstić information content (AvgIpc) is 3.17. The summed E-state index contributed by atoms with van der Waals surface area (Å²) in [5.41, 5.74) is -0.471. The van der Waals surface area contributed by atoms with Crippen molar-refractivity contribution in [2.75, 3.05) is 64.9 Å². The summed E-state index contributed by atoms with van der Waals surface area (Å²) in [4.78, 5) is 28.8. The van der Waals surface area contributed by atoms with E-state index >= 15 is 0 Å². The minimum Gasteiger partial charge on any atom is -0.467 e. The van der Waals surface area contributed by atoms with Gasteiger partial charge in [-0.05, 0) is 12.1 Å².